The molecule has 0 aromatic heterocycles. The molecule has 0 aliphatic heterocycles. The molecular weight excluding hydrogens is 292 g/mol. The fourth-order valence-electron chi connectivity index (χ4n) is 2.49. The van der Waals surface area contributed by atoms with Crippen LogP contribution in [0.2, 0.25) is 0 Å². The van der Waals surface area contributed by atoms with Gasteiger partial charge in [0, 0.05) is 6.54 Å². The summed E-state index contributed by atoms with van der Waals surface area (Å²) in [5.41, 5.74) is 4.91. The predicted octanol–water partition coefficient (Wildman–Crippen LogP) is 3.31. The summed E-state index contributed by atoms with van der Waals surface area (Å²) >= 11 is 0. The van der Waals surface area contributed by atoms with Gasteiger partial charge in [-0.15, -0.1) is 0 Å². The van der Waals surface area contributed by atoms with Gasteiger partial charge in [-0.25, -0.2) is 0 Å². The van der Waals surface area contributed by atoms with Crippen LogP contribution in [0.4, 0.5) is 0 Å². The van der Waals surface area contributed by atoms with E-state index in [0.717, 1.165) is 12.8 Å². The number of hydrogen-bond acceptors (Lipinski definition) is 3. The third-order valence-corrected chi connectivity index (χ3v) is 3.83. The Hall–Kier alpha value is -1.10. The molecule has 0 saturated heterocycles. The van der Waals surface area contributed by atoms with Gasteiger partial charge in [0.15, 0.2) is 0 Å². The van der Waals surface area contributed by atoms with Crippen LogP contribution in [0.3, 0.4) is 0 Å². The standard InChI is InChI=1S/C18H36N2O3/c1-2-3-4-5-6-7-8-9-10-11-12-13-14-20-18(22)16-23-15-17(19)21/h2-16H2,1H3,(H2,19,21)(H,20,22). The summed E-state index contributed by atoms with van der Waals surface area (Å²) in [5.74, 6) is -0.743. The van der Waals surface area contributed by atoms with Crippen molar-refractivity contribution in [2.75, 3.05) is 19.8 Å². The summed E-state index contributed by atoms with van der Waals surface area (Å²) in [5, 5.41) is 2.78. The van der Waals surface area contributed by atoms with E-state index < -0.39 is 5.91 Å². The molecule has 0 spiro atoms. The van der Waals surface area contributed by atoms with Gasteiger partial charge >= 0.3 is 0 Å². The maximum atomic E-state index is 11.3. The van der Waals surface area contributed by atoms with Gasteiger partial charge in [-0.05, 0) is 6.42 Å². The van der Waals surface area contributed by atoms with Crippen molar-refractivity contribution in [2.24, 2.45) is 5.73 Å². The third-order valence-electron chi connectivity index (χ3n) is 3.83. The highest BCUT2D eigenvalue weighted by molar-refractivity contribution is 5.78. The molecule has 2 amide bonds. The Bertz CT molecular complexity index is 296. The van der Waals surface area contributed by atoms with Gasteiger partial charge in [0.05, 0.1) is 0 Å². The van der Waals surface area contributed by atoms with Gasteiger partial charge < -0.3 is 15.8 Å². The maximum absolute atomic E-state index is 11.3. The first-order valence-electron chi connectivity index (χ1n) is 9.29. The van der Waals surface area contributed by atoms with Crippen LogP contribution in [0.1, 0.15) is 84.0 Å². The van der Waals surface area contributed by atoms with Gasteiger partial charge in [-0.2, -0.15) is 0 Å². The zero-order chi connectivity index (χ0) is 17.2. The second kappa shape index (κ2) is 17.3. The predicted molar refractivity (Wildman–Crippen MR) is 94.1 cm³/mol. The second-order valence-electron chi connectivity index (χ2n) is 6.20. The number of hydrogen-bond donors (Lipinski definition) is 2. The SMILES string of the molecule is CCCCCCCCCCCCCCNC(=O)COCC(N)=O. The van der Waals surface area contributed by atoms with Crippen molar-refractivity contribution in [3.63, 3.8) is 0 Å². The molecule has 5 heteroatoms. The van der Waals surface area contributed by atoms with Crippen LogP contribution in [0, 0.1) is 0 Å². The van der Waals surface area contributed by atoms with E-state index >= 15 is 0 Å². The minimum Gasteiger partial charge on any atom is -0.368 e. The smallest absolute Gasteiger partial charge is 0.246 e. The van der Waals surface area contributed by atoms with Gasteiger partial charge in [0.1, 0.15) is 13.2 Å². The average molecular weight is 328 g/mol. The number of amides is 2. The van der Waals surface area contributed by atoms with Crippen LogP contribution in [-0.2, 0) is 14.3 Å². The van der Waals surface area contributed by atoms with Crippen LogP contribution < -0.4 is 11.1 Å². The fraction of sp³-hybridized carbons (Fsp3) is 0.889. The van der Waals surface area contributed by atoms with Crippen LogP contribution in [0.25, 0.3) is 0 Å². The Kier molecular flexibility index (Phi) is 16.4. The summed E-state index contributed by atoms with van der Waals surface area (Å²) < 4.78 is 4.83. The fourth-order valence-corrected chi connectivity index (χ4v) is 2.49. The van der Waals surface area contributed by atoms with Gasteiger partial charge in [0.25, 0.3) is 0 Å². The topological polar surface area (TPSA) is 81.4 Å². The lowest BCUT2D eigenvalue weighted by Crippen LogP contribution is -2.30. The number of carbonyl (C=O) groups is 2. The first kappa shape index (κ1) is 21.9. The normalized spacial score (nSPS) is 10.7. The Morgan fingerprint density at radius 1 is 0.783 bits per heavy atom. The number of rotatable bonds is 17. The lowest BCUT2D eigenvalue weighted by Gasteiger charge is -2.05. The molecule has 0 aliphatic rings. The number of nitrogens with one attached hydrogen (secondary N) is 1. The Balaban J connectivity index is 3.12. The molecule has 0 fully saturated rings. The molecule has 0 saturated carbocycles. The maximum Gasteiger partial charge on any atom is 0.246 e. The van der Waals surface area contributed by atoms with Crippen molar-refractivity contribution in [1.82, 2.24) is 5.32 Å². The molecule has 0 rings (SSSR count). The number of ether oxygens (including phenoxy) is 1. The van der Waals surface area contributed by atoms with E-state index in [1.807, 2.05) is 0 Å². The molecule has 0 aromatic carbocycles. The number of primary amides is 1. The number of unbranched alkanes of at least 4 members (excludes halogenated alkanes) is 11. The Morgan fingerprint density at radius 2 is 1.26 bits per heavy atom. The first-order valence-corrected chi connectivity index (χ1v) is 9.29. The summed E-state index contributed by atoms with van der Waals surface area (Å²) in [4.78, 5) is 21.8. The summed E-state index contributed by atoms with van der Waals surface area (Å²) in [6.07, 6.45) is 15.7. The van der Waals surface area contributed by atoms with Crippen molar-refractivity contribution in [2.45, 2.75) is 84.0 Å². The van der Waals surface area contributed by atoms with E-state index in [1.165, 1.54) is 64.2 Å². The van der Waals surface area contributed by atoms with E-state index in [0.29, 0.717) is 6.54 Å². The van der Waals surface area contributed by atoms with Gasteiger partial charge in [-0.3, -0.25) is 9.59 Å². The third kappa shape index (κ3) is 18.9. The van der Waals surface area contributed by atoms with E-state index in [1.54, 1.807) is 0 Å². The van der Waals surface area contributed by atoms with Crippen molar-refractivity contribution in [3.05, 3.63) is 0 Å². The Labute approximate surface area is 141 Å². The quantitative estimate of drug-likeness (QED) is 0.402. The molecule has 3 N–H and O–H groups in total. The van der Waals surface area contributed by atoms with Crippen molar-refractivity contribution >= 4 is 11.8 Å². The minimum atomic E-state index is -0.557. The zero-order valence-corrected chi connectivity index (χ0v) is 14.9. The van der Waals surface area contributed by atoms with E-state index in [2.05, 4.69) is 12.2 Å². The molecule has 0 heterocycles. The molecule has 0 atom stereocenters. The van der Waals surface area contributed by atoms with E-state index in [4.69, 9.17) is 10.5 Å². The van der Waals surface area contributed by atoms with Crippen LogP contribution >= 0.6 is 0 Å². The molecule has 0 radical (unpaired) electrons. The first-order chi connectivity index (χ1) is 11.2. The molecular formula is C18H36N2O3. The van der Waals surface area contributed by atoms with Crippen molar-refractivity contribution < 1.29 is 14.3 Å². The Morgan fingerprint density at radius 3 is 1.74 bits per heavy atom. The lowest BCUT2D eigenvalue weighted by atomic mass is 10.1. The molecule has 23 heavy (non-hydrogen) atoms. The molecule has 5 nitrogen and oxygen atoms in total. The number of carbonyl (C=O) groups excluding carboxylic acids is 2. The zero-order valence-electron chi connectivity index (χ0n) is 14.9. The van der Waals surface area contributed by atoms with Crippen molar-refractivity contribution in [1.29, 1.82) is 0 Å². The molecule has 0 bridgehead atoms. The number of nitrogens with two attached hydrogens (primary N) is 1. The highest BCUT2D eigenvalue weighted by Gasteiger charge is 2.02. The average Bonchev–Trinajstić information content (AvgIpc) is 2.51. The highest BCUT2D eigenvalue weighted by Crippen LogP contribution is 2.11. The minimum absolute atomic E-state index is 0.0960. The summed E-state index contributed by atoms with van der Waals surface area (Å²) in [6, 6.07) is 0. The monoisotopic (exact) mass is 328 g/mol. The van der Waals surface area contributed by atoms with Crippen LogP contribution in [0.15, 0.2) is 0 Å². The van der Waals surface area contributed by atoms with Crippen LogP contribution in [-0.4, -0.2) is 31.6 Å². The molecule has 0 unspecified atom stereocenters. The molecule has 136 valence electrons. The van der Waals surface area contributed by atoms with Gasteiger partial charge in [-0.1, -0.05) is 77.6 Å². The summed E-state index contributed by atoms with van der Waals surface area (Å²) in [7, 11) is 0. The van der Waals surface area contributed by atoms with E-state index in [9.17, 15) is 9.59 Å². The largest absolute Gasteiger partial charge is 0.368 e. The highest BCUT2D eigenvalue weighted by atomic mass is 16.5. The second-order valence-corrected chi connectivity index (χ2v) is 6.20. The van der Waals surface area contributed by atoms with Crippen LogP contribution in [0.5, 0.6) is 0 Å². The summed E-state index contributed by atoms with van der Waals surface area (Å²) in [6.45, 7) is 2.63. The molecule has 0 aliphatic carbocycles. The van der Waals surface area contributed by atoms with E-state index in [-0.39, 0.29) is 19.1 Å². The van der Waals surface area contributed by atoms with Crippen molar-refractivity contribution in [3.8, 4) is 0 Å². The molecule has 0 aromatic rings. The lowest BCUT2D eigenvalue weighted by molar-refractivity contribution is -0.129. The van der Waals surface area contributed by atoms with Gasteiger partial charge in [0.2, 0.25) is 11.8 Å².